The maximum atomic E-state index is 13.7. The number of likely N-dealkylation sites (tertiary alicyclic amines) is 1. The van der Waals surface area contributed by atoms with Gasteiger partial charge in [0.05, 0.1) is 47.4 Å². The van der Waals surface area contributed by atoms with Crippen LogP contribution in [0.25, 0.3) is 0 Å². The largest absolute Gasteiger partial charge is 0.490 e. The van der Waals surface area contributed by atoms with Crippen molar-refractivity contribution in [2.75, 3.05) is 41.4 Å². The zero-order valence-corrected chi connectivity index (χ0v) is 43.0. The molecule has 0 saturated carbocycles. The van der Waals surface area contributed by atoms with Crippen LogP contribution in [-0.2, 0) is 37.9 Å². The van der Waals surface area contributed by atoms with E-state index in [2.05, 4.69) is 0 Å². The monoisotopic (exact) mass is 1040 g/mol. The van der Waals surface area contributed by atoms with Gasteiger partial charge in [-0.1, -0.05) is 158 Å². The van der Waals surface area contributed by atoms with Crippen LogP contribution in [0, 0.1) is 0 Å². The normalized spacial score (nSPS) is 15.0. The van der Waals surface area contributed by atoms with Crippen LogP contribution in [0.4, 0.5) is 11.4 Å². The van der Waals surface area contributed by atoms with Gasteiger partial charge in [-0.25, -0.2) is 16.8 Å². The molecule has 0 radical (unpaired) electrons. The lowest BCUT2D eigenvalue weighted by molar-refractivity contribution is -0.0228. The van der Waals surface area contributed by atoms with Gasteiger partial charge in [0.15, 0.2) is 0 Å². The Labute approximate surface area is 440 Å². The van der Waals surface area contributed by atoms with Gasteiger partial charge in [-0.3, -0.25) is 18.2 Å². The quantitative estimate of drug-likeness (QED) is 0.0991. The smallest absolute Gasteiger partial charge is 0.264 e. The number of ether oxygens (including phenoxy) is 2. The summed E-state index contributed by atoms with van der Waals surface area (Å²) in [6.45, 7) is 2.80. The third kappa shape index (κ3) is 13.0. The van der Waals surface area contributed by atoms with Crippen LogP contribution in [0.1, 0.15) is 56.4 Å². The second-order valence-electron chi connectivity index (χ2n) is 18.2. The zero-order chi connectivity index (χ0) is 52.0. The summed E-state index contributed by atoms with van der Waals surface area (Å²) < 4.78 is 69.6. The minimum atomic E-state index is -3.88. The van der Waals surface area contributed by atoms with E-state index >= 15 is 0 Å². The van der Waals surface area contributed by atoms with E-state index in [-0.39, 0.29) is 46.9 Å². The van der Waals surface area contributed by atoms with Gasteiger partial charge >= 0.3 is 0 Å². The third-order valence-corrected chi connectivity index (χ3v) is 16.6. The molecule has 10 rings (SSSR count). The molecule has 75 heavy (non-hydrogen) atoms. The molecule has 1 atom stereocenters. The van der Waals surface area contributed by atoms with Gasteiger partial charge in [-0.2, -0.15) is 0 Å². The van der Waals surface area contributed by atoms with Gasteiger partial charge in [0.2, 0.25) is 0 Å². The summed E-state index contributed by atoms with van der Waals surface area (Å²) in [5, 5.41) is 0. The Bertz CT molecular complexity index is 3350. The summed E-state index contributed by atoms with van der Waals surface area (Å²) in [7, 11) is -7.74. The number of carbonyl (C=O) groups excluding carboxylic acids is 2. The lowest BCUT2D eigenvalue weighted by atomic mass is 10.1. The van der Waals surface area contributed by atoms with Gasteiger partial charge in [0, 0.05) is 43.6 Å². The zero-order valence-electron chi connectivity index (χ0n) is 41.3. The first-order valence-corrected chi connectivity index (χ1v) is 27.8. The number of rotatable bonds is 15. The number of amides is 2. The van der Waals surface area contributed by atoms with Crippen LogP contribution in [0.3, 0.4) is 0 Å². The number of para-hydroxylation sites is 1. The minimum absolute atomic E-state index is 0.0603. The molecule has 2 heterocycles. The number of hydrogen-bond acceptors (Lipinski definition) is 8. The molecule has 2 aliphatic heterocycles. The Balaban J connectivity index is 0.000000184. The van der Waals surface area contributed by atoms with Gasteiger partial charge in [0.1, 0.15) is 18.0 Å². The van der Waals surface area contributed by atoms with Crippen molar-refractivity contribution in [1.29, 1.82) is 0 Å². The molecule has 1 unspecified atom stereocenters. The lowest BCUT2D eigenvalue weighted by Gasteiger charge is -2.33. The molecule has 0 aliphatic carbocycles. The predicted octanol–water partition coefficient (Wildman–Crippen LogP) is 11.1. The number of anilines is 2. The van der Waals surface area contributed by atoms with Crippen molar-refractivity contribution in [2.24, 2.45) is 0 Å². The molecule has 2 fully saturated rings. The third-order valence-electron chi connectivity index (χ3n) is 13.1. The molecular weight excluding hydrogens is 981 g/mol. The van der Waals surface area contributed by atoms with Crippen molar-refractivity contribution in [2.45, 2.75) is 47.9 Å². The average Bonchev–Trinajstić information content (AvgIpc) is 3.47. The van der Waals surface area contributed by atoms with E-state index in [0.717, 1.165) is 35.3 Å². The van der Waals surface area contributed by atoms with Crippen molar-refractivity contribution in [3.63, 3.8) is 0 Å². The Hall–Kier alpha value is -8.04. The Morgan fingerprint density at radius 3 is 1.36 bits per heavy atom. The van der Waals surface area contributed by atoms with Crippen LogP contribution in [0.15, 0.2) is 240 Å². The average molecular weight is 1040 g/mol. The van der Waals surface area contributed by atoms with Crippen LogP contribution in [0.2, 0.25) is 0 Å². The molecule has 8 aromatic rings. The molecule has 0 bridgehead atoms. The second-order valence-corrected chi connectivity index (χ2v) is 21.9. The van der Waals surface area contributed by atoms with Gasteiger partial charge in [0.25, 0.3) is 31.9 Å². The number of hydrogen-bond donors (Lipinski definition) is 0. The van der Waals surface area contributed by atoms with Crippen LogP contribution >= 0.6 is 0 Å². The number of carbonyl (C=O) groups is 2. The number of benzene rings is 8. The highest BCUT2D eigenvalue weighted by Gasteiger charge is 2.31. The summed E-state index contributed by atoms with van der Waals surface area (Å²) >= 11 is 0. The second kappa shape index (κ2) is 24.3. The highest BCUT2D eigenvalue weighted by atomic mass is 32.2. The van der Waals surface area contributed by atoms with Crippen molar-refractivity contribution >= 4 is 43.2 Å². The standard InChI is InChI=1S/C31H30N2O4S.C30H28N2O4S/c34-31(32-21-19-29(20-22-32)37-28-15-6-2-7-16-28)26-13-10-14-27(23-26)33(24-25-11-4-1-5-12-25)38(35,36)30-17-8-3-9-18-30;33-30(31-19-20-36-29(23-31)25-13-6-2-7-14-25)26-15-10-16-27(21-26)32(22-24-11-4-1-5-12-24)37(34,35)28-17-8-3-9-18-28/h1-18,23,29H,19-22,24H2;1-18,21,29H,19-20,22-23H2. The maximum Gasteiger partial charge on any atom is 0.264 e. The molecule has 0 N–H and O–H groups in total. The SMILES string of the molecule is O=C(c1cccc(N(Cc2ccccc2)S(=O)(=O)c2ccccc2)c1)N1CCC(Oc2ccccc2)CC1.O=C(c1cccc(N(Cc2ccccc2)S(=O)(=O)c2ccccc2)c1)N1CCOC(c2ccccc2)C1. The summed E-state index contributed by atoms with van der Waals surface area (Å²) in [6.07, 6.45) is 1.34. The van der Waals surface area contributed by atoms with E-state index in [4.69, 9.17) is 9.47 Å². The van der Waals surface area contributed by atoms with E-state index in [9.17, 15) is 26.4 Å². The van der Waals surface area contributed by atoms with Crippen molar-refractivity contribution in [1.82, 2.24) is 9.80 Å². The number of sulfonamides is 2. The summed E-state index contributed by atoms with van der Waals surface area (Å²) in [4.78, 5) is 31.0. The highest BCUT2D eigenvalue weighted by Crippen LogP contribution is 2.31. The number of morpholine rings is 1. The Morgan fingerprint density at radius 1 is 0.480 bits per heavy atom. The molecular formula is C61H58N4O8S2. The maximum absolute atomic E-state index is 13.7. The van der Waals surface area contributed by atoms with Gasteiger partial charge in [-0.15, -0.1) is 0 Å². The van der Waals surface area contributed by atoms with E-state index in [1.807, 2.05) is 126 Å². The van der Waals surface area contributed by atoms with Crippen molar-refractivity contribution in [3.05, 3.63) is 258 Å². The van der Waals surface area contributed by atoms with Crippen LogP contribution in [-0.4, -0.2) is 77.3 Å². The Kier molecular flexibility index (Phi) is 16.8. The first kappa shape index (κ1) is 51.8. The molecule has 382 valence electrons. The van der Waals surface area contributed by atoms with E-state index in [1.165, 1.54) is 8.61 Å². The predicted molar refractivity (Wildman–Crippen MR) is 292 cm³/mol. The fourth-order valence-electron chi connectivity index (χ4n) is 9.09. The number of piperidine rings is 1. The van der Waals surface area contributed by atoms with Gasteiger partial charge in [-0.05, 0) is 89.5 Å². The molecule has 12 nitrogen and oxygen atoms in total. The molecule has 0 spiro atoms. The van der Waals surface area contributed by atoms with E-state index < -0.39 is 20.0 Å². The summed E-state index contributed by atoms with van der Waals surface area (Å²) in [5.74, 6) is 0.577. The first-order valence-electron chi connectivity index (χ1n) is 24.9. The number of nitrogens with zero attached hydrogens (tertiary/aromatic N) is 4. The van der Waals surface area contributed by atoms with E-state index in [1.54, 1.807) is 114 Å². The molecule has 0 aromatic heterocycles. The molecule has 8 aromatic carbocycles. The molecule has 14 heteroatoms. The Morgan fingerprint density at radius 2 is 0.893 bits per heavy atom. The van der Waals surface area contributed by atoms with Gasteiger partial charge < -0.3 is 19.3 Å². The fraction of sp³-hybridized carbons (Fsp3) is 0.180. The minimum Gasteiger partial charge on any atom is -0.490 e. The lowest BCUT2D eigenvalue weighted by Crippen LogP contribution is -2.42. The van der Waals surface area contributed by atoms with Crippen molar-refractivity contribution in [3.8, 4) is 5.75 Å². The molecule has 2 aliphatic rings. The first-order chi connectivity index (χ1) is 36.5. The van der Waals surface area contributed by atoms with Crippen molar-refractivity contribution < 1.29 is 35.9 Å². The summed E-state index contributed by atoms with van der Waals surface area (Å²) in [6, 6.07) is 68.9. The summed E-state index contributed by atoms with van der Waals surface area (Å²) in [5.41, 5.74) is 4.51. The van der Waals surface area contributed by atoms with Crippen LogP contribution in [0.5, 0.6) is 5.75 Å². The highest BCUT2D eigenvalue weighted by molar-refractivity contribution is 7.93. The molecule has 2 amide bonds. The fourth-order valence-corrected chi connectivity index (χ4v) is 12.0. The molecule has 2 saturated heterocycles. The van der Waals surface area contributed by atoms with E-state index in [0.29, 0.717) is 55.3 Å². The topological polar surface area (TPSA) is 134 Å². The van der Waals surface area contributed by atoms with Crippen LogP contribution < -0.4 is 13.3 Å².